The van der Waals surface area contributed by atoms with Crippen molar-refractivity contribution in [2.45, 2.75) is 26.2 Å². The van der Waals surface area contributed by atoms with E-state index >= 15 is 0 Å². The van der Waals surface area contributed by atoms with Crippen molar-refractivity contribution in [2.24, 2.45) is 0 Å². The summed E-state index contributed by atoms with van der Waals surface area (Å²) in [6, 6.07) is 3.04. The molecule has 0 aliphatic heterocycles. The van der Waals surface area contributed by atoms with E-state index in [2.05, 4.69) is 35.8 Å². The Morgan fingerprint density at radius 2 is 1.90 bits per heavy atom. The third-order valence-corrected chi connectivity index (χ3v) is 3.51. The molecule has 3 aromatic rings. The minimum Gasteiger partial charge on any atom is -0.261 e. The van der Waals surface area contributed by atoms with Crippen LogP contribution in [-0.2, 0) is 5.41 Å². The minimum atomic E-state index is -0.408. The Bertz CT molecular complexity index is 820. The summed E-state index contributed by atoms with van der Waals surface area (Å²) in [4.78, 5) is 8.43. The standard InChI is InChI=1S/C15H14ClFN4/c1-15(2,3)11-8-19-21-13(16)5-12(20-14(11)21)9-4-10(17)7-18-6-9/h4-8H,1-3H3. The summed E-state index contributed by atoms with van der Waals surface area (Å²) in [6.07, 6.45) is 4.48. The van der Waals surface area contributed by atoms with Gasteiger partial charge in [0, 0.05) is 23.4 Å². The zero-order valence-corrected chi connectivity index (χ0v) is 12.7. The largest absolute Gasteiger partial charge is 0.261 e. The van der Waals surface area contributed by atoms with Crippen LogP contribution in [0.2, 0.25) is 5.15 Å². The van der Waals surface area contributed by atoms with E-state index in [4.69, 9.17) is 11.6 Å². The highest BCUT2D eigenvalue weighted by Crippen LogP contribution is 2.29. The number of halogens is 2. The van der Waals surface area contributed by atoms with Gasteiger partial charge < -0.3 is 0 Å². The number of hydrogen-bond donors (Lipinski definition) is 0. The lowest BCUT2D eigenvalue weighted by Gasteiger charge is -2.16. The van der Waals surface area contributed by atoms with Gasteiger partial charge in [0.25, 0.3) is 0 Å². The van der Waals surface area contributed by atoms with Crippen LogP contribution in [0.4, 0.5) is 4.39 Å². The molecule has 0 aliphatic rings. The number of aromatic nitrogens is 4. The van der Waals surface area contributed by atoms with E-state index in [-0.39, 0.29) is 5.41 Å². The lowest BCUT2D eigenvalue weighted by Crippen LogP contribution is -2.11. The van der Waals surface area contributed by atoms with Gasteiger partial charge in [0.05, 0.1) is 18.1 Å². The zero-order valence-electron chi connectivity index (χ0n) is 11.9. The molecular weight excluding hydrogens is 291 g/mol. The van der Waals surface area contributed by atoms with Crippen molar-refractivity contribution in [3.63, 3.8) is 0 Å². The molecule has 3 rings (SSSR count). The quantitative estimate of drug-likeness (QED) is 0.641. The molecule has 6 heteroatoms. The predicted molar refractivity (Wildman–Crippen MR) is 79.9 cm³/mol. The molecule has 0 bridgehead atoms. The second-order valence-electron chi connectivity index (χ2n) is 5.90. The molecule has 0 atom stereocenters. The molecule has 0 saturated carbocycles. The molecule has 3 aromatic heterocycles. The fourth-order valence-electron chi connectivity index (χ4n) is 2.16. The van der Waals surface area contributed by atoms with E-state index in [1.807, 2.05) is 0 Å². The molecule has 0 unspecified atom stereocenters. The van der Waals surface area contributed by atoms with Crippen LogP contribution in [0.1, 0.15) is 26.3 Å². The Morgan fingerprint density at radius 1 is 1.14 bits per heavy atom. The van der Waals surface area contributed by atoms with Crippen LogP contribution in [0.25, 0.3) is 16.9 Å². The molecule has 4 nitrogen and oxygen atoms in total. The van der Waals surface area contributed by atoms with E-state index in [0.717, 1.165) is 11.8 Å². The van der Waals surface area contributed by atoms with Gasteiger partial charge in [-0.3, -0.25) is 4.98 Å². The summed E-state index contributed by atoms with van der Waals surface area (Å²) in [5.41, 5.74) is 2.70. The normalized spacial score (nSPS) is 12.0. The second-order valence-corrected chi connectivity index (χ2v) is 6.29. The number of rotatable bonds is 1. The van der Waals surface area contributed by atoms with Gasteiger partial charge in [-0.1, -0.05) is 32.4 Å². The Hall–Kier alpha value is -2.01. The number of fused-ring (bicyclic) bond motifs is 1. The van der Waals surface area contributed by atoms with E-state index in [1.54, 1.807) is 23.0 Å². The van der Waals surface area contributed by atoms with Crippen molar-refractivity contribution in [3.8, 4) is 11.3 Å². The average molecular weight is 305 g/mol. The topological polar surface area (TPSA) is 43.1 Å². The molecule has 0 amide bonds. The van der Waals surface area contributed by atoms with Gasteiger partial charge >= 0.3 is 0 Å². The van der Waals surface area contributed by atoms with Gasteiger partial charge in [-0.25, -0.2) is 13.9 Å². The second kappa shape index (κ2) is 4.77. The van der Waals surface area contributed by atoms with E-state index in [9.17, 15) is 4.39 Å². The fraction of sp³-hybridized carbons (Fsp3) is 0.267. The molecule has 0 fully saturated rings. The van der Waals surface area contributed by atoms with Crippen molar-refractivity contribution < 1.29 is 4.39 Å². The summed E-state index contributed by atoms with van der Waals surface area (Å²) < 4.78 is 14.9. The van der Waals surface area contributed by atoms with Gasteiger partial charge in [-0.15, -0.1) is 0 Å². The van der Waals surface area contributed by atoms with Gasteiger partial charge in [0.15, 0.2) is 5.65 Å². The number of nitrogens with zero attached hydrogens (tertiary/aromatic N) is 4. The average Bonchev–Trinajstić information content (AvgIpc) is 2.83. The lowest BCUT2D eigenvalue weighted by molar-refractivity contribution is 0.594. The Kier molecular flexibility index (Phi) is 3.17. The molecule has 0 radical (unpaired) electrons. The summed E-state index contributed by atoms with van der Waals surface area (Å²) >= 11 is 6.26. The summed E-state index contributed by atoms with van der Waals surface area (Å²) in [7, 11) is 0. The summed E-state index contributed by atoms with van der Waals surface area (Å²) in [5, 5.41) is 4.70. The van der Waals surface area contributed by atoms with Crippen LogP contribution in [0, 0.1) is 5.82 Å². The molecule has 0 spiro atoms. The highest BCUT2D eigenvalue weighted by molar-refractivity contribution is 6.30. The highest BCUT2D eigenvalue weighted by atomic mass is 35.5. The molecule has 21 heavy (non-hydrogen) atoms. The molecule has 0 N–H and O–H groups in total. The van der Waals surface area contributed by atoms with Crippen LogP contribution in [0.15, 0.2) is 30.7 Å². The van der Waals surface area contributed by atoms with Gasteiger partial charge in [0.1, 0.15) is 11.0 Å². The molecular formula is C15H14ClFN4. The van der Waals surface area contributed by atoms with Crippen LogP contribution >= 0.6 is 11.6 Å². The van der Waals surface area contributed by atoms with E-state index in [1.165, 1.54) is 6.07 Å². The summed E-state index contributed by atoms with van der Waals surface area (Å²) in [5.74, 6) is -0.408. The molecule has 108 valence electrons. The first-order valence-corrected chi connectivity index (χ1v) is 6.90. The predicted octanol–water partition coefficient (Wildman–Crippen LogP) is 3.88. The first-order chi connectivity index (χ1) is 9.86. The maximum absolute atomic E-state index is 13.3. The smallest absolute Gasteiger partial charge is 0.161 e. The monoisotopic (exact) mass is 304 g/mol. The molecule has 0 aromatic carbocycles. The van der Waals surface area contributed by atoms with Gasteiger partial charge in [-0.05, 0) is 11.5 Å². The van der Waals surface area contributed by atoms with Crippen molar-refractivity contribution in [1.29, 1.82) is 0 Å². The third kappa shape index (κ3) is 2.49. The molecule has 0 aliphatic carbocycles. The maximum atomic E-state index is 13.3. The number of hydrogen-bond acceptors (Lipinski definition) is 3. The zero-order chi connectivity index (χ0) is 15.2. The maximum Gasteiger partial charge on any atom is 0.161 e. The SMILES string of the molecule is CC(C)(C)c1cnn2c(Cl)cc(-c3cncc(F)c3)nc12. The van der Waals surface area contributed by atoms with Crippen molar-refractivity contribution in [3.05, 3.63) is 47.3 Å². The van der Waals surface area contributed by atoms with Crippen molar-refractivity contribution in [1.82, 2.24) is 19.6 Å². The fourth-order valence-corrected chi connectivity index (χ4v) is 2.38. The third-order valence-electron chi connectivity index (χ3n) is 3.24. The summed E-state index contributed by atoms with van der Waals surface area (Å²) in [6.45, 7) is 6.24. The van der Waals surface area contributed by atoms with E-state index < -0.39 is 5.82 Å². The lowest BCUT2D eigenvalue weighted by atomic mass is 9.89. The van der Waals surface area contributed by atoms with Crippen LogP contribution < -0.4 is 0 Å². The Labute approximate surface area is 126 Å². The molecule has 0 saturated heterocycles. The van der Waals surface area contributed by atoms with Crippen LogP contribution in [-0.4, -0.2) is 19.6 Å². The van der Waals surface area contributed by atoms with Crippen LogP contribution in [0.3, 0.4) is 0 Å². The van der Waals surface area contributed by atoms with Crippen molar-refractivity contribution >= 4 is 17.2 Å². The highest BCUT2D eigenvalue weighted by Gasteiger charge is 2.21. The Morgan fingerprint density at radius 3 is 2.57 bits per heavy atom. The van der Waals surface area contributed by atoms with Crippen LogP contribution in [0.5, 0.6) is 0 Å². The van der Waals surface area contributed by atoms with Crippen molar-refractivity contribution in [2.75, 3.05) is 0 Å². The van der Waals surface area contributed by atoms with E-state index in [0.29, 0.717) is 22.1 Å². The minimum absolute atomic E-state index is 0.114. The number of pyridine rings is 1. The first kappa shape index (κ1) is 13.9. The first-order valence-electron chi connectivity index (χ1n) is 6.52. The van der Waals surface area contributed by atoms with Gasteiger partial charge in [-0.2, -0.15) is 5.10 Å². The Balaban J connectivity index is 2.27. The van der Waals surface area contributed by atoms with Gasteiger partial charge in [0.2, 0.25) is 0 Å². The molecule has 3 heterocycles.